The highest BCUT2D eigenvalue weighted by atomic mass is 14.8. The van der Waals surface area contributed by atoms with E-state index in [4.69, 9.17) is 0 Å². The van der Waals surface area contributed by atoms with Crippen LogP contribution in [0.2, 0.25) is 0 Å². The van der Waals surface area contributed by atoms with Crippen molar-refractivity contribution < 1.29 is 0 Å². The monoisotopic (exact) mass is 192 g/mol. The van der Waals surface area contributed by atoms with Crippen molar-refractivity contribution in [2.75, 3.05) is 13.6 Å². The minimum Gasteiger partial charge on any atom is -0.320 e. The van der Waals surface area contributed by atoms with Crippen LogP contribution in [0.4, 0.5) is 0 Å². The quantitative estimate of drug-likeness (QED) is 0.357. The molecule has 0 aliphatic carbocycles. The Hall–Kier alpha value is -1.15. The molecule has 0 saturated heterocycles. The zero-order valence-electron chi connectivity index (χ0n) is 9.00. The Balaban J connectivity index is 3.49. The Kier molecular flexibility index (Phi) is 9.12. The second-order valence-electron chi connectivity index (χ2n) is 3.10. The van der Waals surface area contributed by atoms with E-state index in [0.29, 0.717) is 0 Å². The van der Waals surface area contributed by atoms with Crippen molar-refractivity contribution in [3.8, 4) is 0 Å². The summed E-state index contributed by atoms with van der Waals surface area (Å²) in [6, 6.07) is 0. The van der Waals surface area contributed by atoms with Crippen molar-refractivity contribution in [3.05, 3.63) is 36.6 Å². The molecule has 0 aliphatic rings. The van der Waals surface area contributed by atoms with Crippen molar-refractivity contribution in [3.63, 3.8) is 0 Å². The molecule has 0 unspecified atom stereocenters. The van der Waals surface area contributed by atoms with Crippen LogP contribution in [0.25, 0.3) is 0 Å². The Morgan fingerprint density at radius 3 is 2.79 bits per heavy atom. The Morgan fingerprint density at radius 2 is 2.14 bits per heavy atom. The molecule has 2 heteroatoms. The normalized spacial score (nSPS) is 11.2. The largest absolute Gasteiger partial charge is 0.320 e. The number of hydrogen-bond donors (Lipinski definition) is 1. The van der Waals surface area contributed by atoms with E-state index in [9.17, 15) is 0 Å². The molecule has 0 fully saturated rings. The van der Waals surface area contributed by atoms with Gasteiger partial charge in [-0.3, -0.25) is 4.99 Å². The number of aliphatic imine (C=N–C) groups is 1. The molecule has 1 N–H and O–H groups in total. The summed E-state index contributed by atoms with van der Waals surface area (Å²) in [5, 5.41) is 3.12. The van der Waals surface area contributed by atoms with Crippen LogP contribution >= 0.6 is 0 Å². The van der Waals surface area contributed by atoms with E-state index in [2.05, 4.69) is 23.6 Å². The molecule has 0 saturated carbocycles. The van der Waals surface area contributed by atoms with Crippen molar-refractivity contribution in [2.45, 2.75) is 19.3 Å². The highest BCUT2D eigenvalue weighted by Gasteiger charge is 1.89. The lowest BCUT2D eigenvalue weighted by atomic mass is 10.1. The Morgan fingerprint density at radius 1 is 1.36 bits per heavy atom. The SMILES string of the molecule is C=N/C=C\C=C/C(=C)CCCCNC. The van der Waals surface area contributed by atoms with E-state index < -0.39 is 0 Å². The molecule has 0 heterocycles. The molecule has 14 heavy (non-hydrogen) atoms. The van der Waals surface area contributed by atoms with Gasteiger partial charge < -0.3 is 5.32 Å². The lowest BCUT2D eigenvalue weighted by molar-refractivity contribution is 0.679. The number of nitrogens with one attached hydrogen (secondary N) is 1. The molecule has 0 amide bonds. The fraction of sp³-hybridized carbons (Fsp3) is 0.417. The first-order valence-corrected chi connectivity index (χ1v) is 4.92. The first-order chi connectivity index (χ1) is 6.81. The van der Waals surface area contributed by atoms with Crippen LogP contribution in [0.15, 0.2) is 41.6 Å². The minimum absolute atomic E-state index is 1.06. The molecule has 0 radical (unpaired) electrons. The number of nitrogens with zero attached hydrogens (tertiary/aromatic N) is 1. The average molecular weight is 192 g/mol. The molecule has 0 aromatic rings. The van der Waals surface area contributed by atoms with Gasteiger partial charge in [-0.05, 0) is 45.6 Å². The second kappa shape index (κ2) is 9.93. The third-order valence-electron chi connectivity index (χ3n) is 1.81. The first-order valence-electron chi connectivity index (χ1n) is 4.92. The topological polar surface area (TPSA) is 24.4 Å². The zero-order valence-corrected chi connectivity index (χ0v) is 9.00. The van der Waals surface area contributed by atoms with Gasteiger partial charge in [-0.2, -0.15) is 0 Å². The summed E-state index contributed by atoms with van der Waals surface area (Å²) in [5.74, 6) is 0. The highest BCUT2D eigenvalue weighted by molar-refractivity contribution is 5.26. The van der Waals surface area contributed by atoms with Gasteiger partial charge in [0.2, 0.25) is 0 Å². The third kappa shape index (κ3) is 8.94. The maximum absolute atomic E-state index is 3.96. The van der Waals surface area contributed by atoms with Crippen LogP contribution in [0.3, 0.4) is 0 Å². The van der Waals surface area contributed by atoms with Gasteiger partial charge in [0.1, 0.15) is 0 Å². The van der Waals surface area contributed by atoms with Gasteiger partial charge >= 0.3 is 0 Å². The fourth-order valence-corrected chi connectivity index (χ4v) is 1.04. The summed E-state index contributed by atoms with van der Waals surface area (Å²) in [6.07, 6.45) is 10.9. The maximum atomic E-state index is 3.96. The fourth-order valence-electron chi connectivity index (χ4n) is 1.04. The first kappa shape index (κ1) is 12.8. The van der Waals surface area contributed by atoms with E-state index in [1.807, 2.05) is 25.3 Å². The van der Waals surface area contributed by atoms with Crippen LogP contribution in [0.5, 0.6) is 0 Å². The van der Waals surface area contributed by atoms with Crippen molar-refractivity contribution in [1.82, 2.24) is 5.32 Å². The summed E-state index contributed by atoms with van der Waals surface area (Å²) >= 11 is 0. The van der Waals surface area contributed by atoms with Gasteiger partial charge in [-0.1, -0.05) is 24.3 Å². The molecule has 2 nitrogen and oxygen atoms in total. The number of allylic oxidation sites excluding steroid dienone is 4. The lowest BCUT2D eigenvalue weighted by Crippen LogP contribution is -2.06. The van der Waals surface area contributed by atoms with Crippen molar-refractivity contribution >= 4 is 6.72 Å². The molecule has 0 aliphatic heterocycles. The summed E-state index contributed by atoms with van der Waals surface area (Å²) in [7, 11) is 1.97. The minimum atomic E-state index is 1.06. The van der Waals surface area contributed by atoms with Crippen molar-refractivity contribution in [1.29, 1.82) is 0 Å². The van der Waals surface area contributed by atoms with Crippen LogP contribution in [-0.4, -0.2) is 20.3 Å². The molecular weight excluding hydrogens is 172 g/mol. The Bertz CT molecular complexity index is 214. The van der Waals surface area contributed by atoms with Gasteiger partial charge in [0.15, 0.2) is 0 Å². The van der Waals surface area contributed by atoms with Crippen LogP contribution < -0.4 is 5.32 Å². The highest BCUT2D eigenvalue weighted by Crippen LogP contribution is 2.05. The predicted octanol–water partition coefficient (Wildman–Crippen LogP) is 2.70. The number of hydrogen-bond acceptors (Lipinski definition) is 2. The molecule has 0 rings (SSSR count). The second-order valence-corrected chi connectivity index (χ2v) is 3.10. The summed E-state index contributed by atoms with van der Waals surface area (Å²) in [4.78, 5) is 3.60. The Labute approximate surface area is 87.1 Å². The van der Waals surface area contributed by atoms with Crippen LogP contribution in [-0.2, 0) is 0 Å². The van der Waals surface area contributed by atoms with E-state index in [-0.39, 0.29) is 0 Å². The van der Waals surface area contributed by atoms with Gasteiger partial charge in [-0.15, -0.1) is 0 Å². The average Bonchev–Trinajstić information content (AvgIpc) is 2.19. The molecule has 0 bridgehead atoms. The van der Waals surface area contributed by atoms with E-state index in [1.54, 1.807) is 6.20 Å². The molecular formula is C12H20N2. The van der Waals surface area contributed by atoms with E-state index in [0.717, 1.165) is 18.5 Å². The van der Waals surface area contributed by atoms with Gasteiger partial charge in [0, 0.05) is 6.20 Å². The van der Waals surface area contributed by atoms with Crippen molar-refractivity contribution in [2.24, 2.45) is 4.99 Å². The van der Waals surface area contributed by atoms with Gasteiger partial charge in [0.25, 0.3) is 0 Å². The third-order valence-corrected chi connectivity index (χ3v) is 1.81. The zero-order chi connectivity index (χ0) is 10.6. The molecule has 78 valence electrons. The van der Waals surface area contributed by atoms with E-state index >= 15 is 0 Å². The van der Waals surface area contributed by atoms with Crippen LogP contribution in [0, 0.1) is 0 Å². The van der Waals surface area contributed by atoms with Crippen LogP contribution in [0.1, 0.15) is 19.3 Å². The van der Waals surface area contributed by atoms with Gasteiger partial charge in [-0.25, -0.2) is 0 Å². The molecule has 0 spiro atoms. The maximum Gasteiger partial charge on any atom is 0.0260 e. The standard InChI is InChI=1S/C12H20N2/c1-12(8-4-6-10-13-2)9-5-7-11-14-3/h4,6,8,10,14H,1-2,5,7,9,11H2,3H3/b8-4-,10-6-. The smallest absolute Gasteiger partial charge is 0.0260 e. The number of rotatable bonds is 8. The summed E-state index contributed by atoms with van der Waals surface area (Å²) < 4.78 is 0. The van der Waals surface area contributed by atoms with E-state index in [1.165, 1.54) is 12.8 Å². The summed E-state index contributed by atoms with van der Waals surface area (Å²) in [5.41, 5.74) is 1.16. The molecule has 0 atom stereocenters. The molecule has 0 aromatic carbocycles. The predicted molar refractivity (Wildman–Crippen MR) is 64.7 cm³/mol. The number of unbranched alkanes of at least 4 members (excludes halogenated alkanes) is 1. The van der Waals surface area contributed by atoms with Gasteiger partial charge in [0.05, 0.1) is 0 Å². The lowest BCUT2D eigenvalue weighted by Gasteiger charge is -1.99. The summed E-state index contributed by atoms with van der Waals surface area (Å²) in [6.45, 7) is 8.39. The molecule has 0 aromatic heterocycles.